The average Bonchev–Trinajstić information content (AvgIpc) is 2.51. The van der Waals surface area contributed by atoms with Crippen molar-refractivity contribution in [1.82, 2.24) is 5.32 Å². The maximum Gasteiger partial charge on any atom is 0.404 e. The van der Waals surface area contributed by atoms with Crippen LogP contribution in [0.4, 0.5) is 4.79 Å². The molecule has 1 rings (SSSR count). The van der Waals surface area contributed by atoms with E-state index in [1.807, 2.05) is 11.4 Å². The highest BCUT2D eigenvalue weighted by atomic mass is 79.9. The van der Waals surface area contributed by atoms with Gasteiger partial charge in [-0.25, -0.2) is 4.79 Å². The van der Waals surface area contributed by atoms with Gasteiger partial charge in [0.25, 0.3) is 0 Å². The summed E-state index contributed by atoms with van der Waals surface area (Å²) in [5, 5.41) is 5.15. The Morgan fingerprint density at radius 1 is 1.71 bits per heavy atom. The highest BCUT2D eigenvalue weighted by Gasteiger charge is 2.00. The molecule has 0 atom stereocenters. The first kappa shape index (κ1) is 11.5. The molecule has 0 aromatic carbocycles. The fraction of sp³-hybridized carbons (Fsp3) is 0.375. The molecule has 1 aromatic heterocycles. The largest absolute Gasteiger partial charge is 0.448 e. The van der Waals surface area contributed by atoms with Gasteiger partial charge in [-0.05, 0) is 27.4 Å². The van der Waals surface area contributed by atoms with Crippen LogP contribution in [0.15, 0.2) is 15.9 Å². The summed E-state index contributed by atoms with van der Waals surface area (Å²) < 4.78 is 5.66. The Kier molecular flexibility index (Phi) is 4.92. The molecule has 78 valence electrons. The first-order chi connectivity index (χ1) is 6.70. The van der Waals surface area contributed by atoms with E-state index in [2.05, 4.69) is 26.0 Å². The van der Waals surface area contributed by atoms with Crippen molar-refractivity contribution in [3.05, 3.63) is 20.8 Å². The maximum absolute atomic E-state index is 10.2. The van der Waals surface area contributed by atoms with Crippen LogP contribution in [-0.4, -0.2) is 19.2 Å². The Morgan fingerprint density at radius 3 is 3.07 bits per heavy atom. The van der Waals surface area contributed by atoms with E-state index in [1.54, 1.807) is 11.3 Å². The van der Waals surface area contributed by atoms with E-state index in [-0.39, 0.29) is 0 Å². The predicted octanol–water partition coefficient (Wildman–Crippen LogP) is 1.70. The number of nitrogens with two attached hydrogens (primary N) is 1. The minimum Gasteiger partial charge on any atom is -0.448 e. The van der Waals surface area contributed by atoms with Gasteiger partial charge >= 0.3 is 6.09 Å². The molecule has 0 radical (unpaired) electrons. The normalized spacial score (nSPS) is 10.1. The summed E-state index contributed by atoms with van der Waals surface area (Å²) in [6, 6.07) is 2.00. The molecule has 4 nitrogen and oxygen atoms in total. The van der Waals surface area contributed by atoms with Gasteiger partial charge in [-0.1, -0.05) is 0 Å². The molecular formula is C8H11BrN2O2S. The molecule has 0 aliphatic rings. The molecule has 3 N–H and O–H groups in total. The molecule has 0 unspecified atom stereocenters. The van der Waals surface area contributed by atoms with Crippen LogP contribution in [0.5, 0.6) is 0 Å². The number of hydrogen-bond donors (Lipinski definition) is 2. The first-order valence-electron chi connectivity index (χ1n) is 4.05. The number of carbonyl (C=O) groups excluding carboxylic acids is 1. The Labute approximate surface area is 94.6 Å². The number of ether oxygens (including phenoxy) is 1. The number of carbonyl (C=O) groups is 1. The lowest BCUT2D eigenvalue weighted by Gasteiger charge is -2.03. The number of rotatable bonds is 5. The Hall–Kier alpha value is -0.590. The summed E-state index contributed by atoms with van der Waals surface area (Å²) in [4.78, 5) is 11.4. The van der Waals surface area contributed by atoms with E-state index >= 15 is 0 Å². The van der Waals surface area contributed by atoms with Gasteiger partial charge in [-0.3, -0.25) is 0 Å². The highest BCUT2D eigenvalue weighted by molar-refractivity contribution is 9.10. The second kappa shape index (κ2) is 6.00. The van der Waals surface area contributed by atoms with Crippen LogP contribution in [0.3, 0.4) is 0 Å². The van der Waals surface area contributed by atoms with Crippen LogP contribution in [0.1, 0.15) is 4.88 Å². The van der Waals surface area contributed by atoms with Crippen LogP contribution in [0.25, 0.3) is 0 Å². The van der Waals surface area contributed by atoms with Gasteiger partial charge in [0, 0.05) is 22.4 Å². The van der Waals surface area contributed by atoms with E-state index in [9.17, 15) is 4.79 Å². The van der Waals surface area contributed by atoms with Gasteiger partial charge in [0.1, 0.15) is 6.61 Å². The van der Waals surface area contributed by atoms with Gasteiger partial charge in [0.15, 0.2) is 0 Å². The van der Waals surface area contributed by atoms with Crippen LogP contribution in [0, 0.1) is 0 Å². The quantitative estimate of drug-likeness (QED) is 0.806. The van der Waals surface area contributed by atoms with Crippen molar-refractivity contribution in [3.8, 4) is 0 Å². The minimum absolute atomic E-state index is 0.304. The zero-order chi connectivity index (χ0) is 10.4. The molecule has 6 heteroatoms. The molecule has 0 aliphatic heterocycles. The summed E-state index contributed by atoms with van der Waals surface area (Å²) in [6.45, 7) is 1.67. The second-order valence-corrected chi connectivity index (χ2v) is 4.39. The standard InChI is InChI=1S/C8H11BrN2O2S/c9-6-1-4-14-7(6)5-11-2-3-13-8(10)12/h1,4,11H,2-3,5H2,(H2,10,12). The number of hydrogen-bond acceptors (Lipinski definition) is 4. The van der Waals surface area contributed by atoms with Gasteiger partial charge in [-0.15, -0.1) is 11.3 Å². The Bertz CT molecular complexity index is 303. The fourth-order valence-electron chi connectivity index (χ4n) is 0.877. The van der Waals surface area contributed by atoms with E-state index in [0.29, 0.717) is 13.2 Å². The lowest BCUT2D eigenvalue weighted by atomic mass is 10.4. The Balaban J connectivity index is 2.10. The molecular weight excluding hydrogens is 268 g/mol. The maximum atomic E-state index is 10.2. The average molecular weight is 279 g/mol. The van der Waals surface area contributed by atoms with Crippen LogP contribution < -0.4 is 11.1 Å². The molecule has 0 fully saturated rings. The zero-order valence-electron chi connectivity index (χ0n) is 7.46. The number of amides is 1. The van der Waals surface area contributed by atoms with Crippen molar-refractivity contribution in [3.63, 3.8) is 0 Å². The van der Waals surface area contributed by atoms with Crippen molar-refractivity contribution in [1.29, 1.82) is 0 Å². The van der Waals surface area contributed by atoms with Crippen LogP contribution >= 0.6 is 27.3 Å². The van der Waals surface area contributed by atoms with Crippen LogP contribution in [0.2, 0.25) is 0 Å². The highest BCUT2D eigenvalue weighted by Crippen LogP contribution is 2.21. The van der Waals surface area contributed by atoms with E-state index in [0.717, 1.165) is 11.0 Å². The topological polar surface area (TPSA) is 64.4 Å². The Morgan fingerprint density at radius 2 is 2.50 bits per heavy atom. The summed E-state index contributed by atoms with van der Waals surface area (Å²) in [7, 11) is 0. The minimum atomic E-state index is -0.732. The summed E-state index contributed by atoms with van der Waals surface area (Å²) in [6.07, 6.45) is -0.732. The van der Waals surface area contributed by atoms with Gasteiger partial charge in [-0.2, -0.15) is 0 Å². The summed E-state index contributed by atoms with van der Waals surface area (Å²) in [5.41, 5.74) is 4.80. The summed E-state index contributed by atoms with van der Waals surface area (Å²) in [5.74, 6) is 0. The van der Waals surface area contributed by atoms with Crippen LogP contribution in [-0.2, 0) is 11.3 Å². The van der Waals surface area contributed by atoms with Gasteiger partial charge in [0.05, 0.1) is 0 Å². The van der Waals surface area contributed by atoms with Crippen molar-refractivity contribution < 1.29 is 9.53 Å². The lowest BCUT2D eigenvalue weighted by Crippen LogP contribution is -2.23. The third-order valence-electron chi connectivity index (χ3n) is 1.50. The second-order valence-electron chi connectivity index (χ2n) is 2.54. The van der Waals surface area contributed by atoms with Crippen molar-refractivity contribution >= 4 is 33.4 Å². The molecule has 1 amide bonds. The predicted molar refractivity (Wildman–Crippen MR) is 59.3 cm³/mol. The first-order valence-corrected chi connectivity index (χ1v) is 5.72. The lowest BCUT2D eigenvalue weighted by molar-refractivity contribution is 0.157. The monoisotopic (exact) mass is 278 g/mol. The number of thiophene rings is 1. The molecule has 1 aromatic rings. The molecule has 0 saturated carbocycles. The molecule has 14 heavy (non-hydrogen) atoms. The molecule has 0 spiro atoms. The number of primary amides is 1. The van der Waals surface area contributed by atoms with E-state index < -0.39 is 6.09 Å². The molecule has 1 heterocycles. The number of nitrogens with one attached hydrogen (secondary N) is 1. The van der Waals surface area contributed by atoms with Crippen molar-refractivity contribution in [2.45, 2.75) is 6.54 Å². The van der Waals surface area contributed by atoms with Gasteiger partial charge in [0.2, 0.25) is 0 Å². The summed E-state index contributed by atoms with van der Waals surface area (Å²) >= 11 is 5.10. The number of halogens is 1. The van der Waals surface area contributed by atoms with Gasteiger partial charge < -0.3 is 15.8 Å². The fourth-order valence-corrected chi connectivity index (χ4v) is 2.34. The zero-order valence-corrected chi connectivity index (χ0v) is 9.86. The van der Waals surface area contributed by atoms with Crippen molar-refractivity contribution in [2.75, 3.05) is 13.2 Å². The van der Waals surface area contributed by atoms with E-state index in [1.165, 1.54) is 4.88 Å². The molecule has 0 bridgehead atoms. The third kappa shape index (κ3) is 4.08. The molecule has 0 aliphatic carbocycles. The third-order valence-corrected chi connectivity index (χ3v) is 3.43. The molecule has 0 saturated heterocycles. The van der Waals surface area contributed by atoms with E-state index in [4.69, 9.17) is 5.73 Å². The van der Waals surface area contributed by atoms with Crippen molar-refractivity contribution in [2.24, 2.45) is 5.73 Å². The smallest absolute Gasteiger partial charge is 0.404 e. The SMILES string of the molecule is NC(=O)OCCNCc1sccc1Br.